The molecule has 41 heavy (non-hydrogen) atoms. The quantitative estimate of drug-likeness (QED) is 0.432. The zero-order valence-electron chi connectivity index (χ0n) is 25.5. The van der Waals surface area contributed by atoms with Gasteiger partial charge in [0, 0.05) is 47.7 Å². The number of nitrogens with one attached hydrogen (secondary N) is 2. The molecule has 2 heterocycles. The number of methoxy groups -OCH3 is 1. The van der Waals surface area contributed by atoms with E-state index >= 15 is 0 Å². The average Bonchev–Trinajstić information content (AvgIpc) is 2.91. The monoisotopic (exact) mass is 562 g/mol. The van der Waals surface area contributed by atoms with Crippen molar-refractivity contribution in [2.75, 3.05) is 18.6 Å². The lowest BCUT2D eigenvalue weighted by molar-refractivity contribution is 0.0491. The highest BCUT2D eigenvalue weighted by molar-refractivity contribution is 5.97. The molecule has 0 bridgehead atoms. The molecule has 0 atom stereocenters. The summed E-state index contributed by atoms with van der Waals surface area (Å²) in [6.45, 7) is 11.0. The molecule has 8 heteroatoms. The van der Waals surface area contributed by atoms with E-state index in [0.29, 0.717) is 30.5 Å². The van der Waals surface area contributed by atoms with Gasteiger partial charge in [-0.05, 0) is 109 Å². The number of rotatable bonds is 5. The van der Waals surface area contributed by atoms with Crippen LogP contribution in [0.25, 0.3) is 0 Å². The van der Waals surface area contributed by atoms with E-state index in [9.17, 15) is 9.59 Å². The molecule has 1 fully saturated rings. The number of hydrogen-bond acceptors (Lipinski definition) is 6. The van der Waals surface area contributed by atoms with Gasteiger partial charge in [0.15, 0.2) is 0 Å². The SMILES string of the molecule is CCN(c1cccc2c1C/C=C/CCc1cc(C)nc(OC)c1CNC2=O)[C@H]1CC[C@H](NC(=O)OC(C)(C)C)CC1. The zero-order valence-corrected chi connectivity index (χ0v) is 25.5. The van der Waals surface area contributed by atoms with Gasteiger partial charge in [-0.25, -0.2) is 9.78 Å². The smallest absolute Gasteiger partial charge is 0.407 e. The molecule has 0 radical (unpaired) electrons. The number of aromatic nitrogens is 1. The third-order valence-corrected chi connectivity index (χ3v) is 7.90. The third-order valence-electron chi connectivity index (χ3n) is 7.90. The van der Waals surface area contributed by atoms with Crippen molar-refractivity contribution in [3.8, 4) is 5.88 Å². The van der Waals surface area contributed by atoms with Crippen LogP contribution in [0, 0.1) is 6.92 Å². The van der Waals surface area contributed by atoms with E-state index in [1.165, 1.54) is 0 Å². The lowest BCUT2D eigenvalue weighted by Gasteiger charge is -2.39. The summed E-state index contributed by atoms with van der Waals surface area (Å²) >= 11 is 0. The molecule has 0 spiro atoms. The van der Waals surface area contributed by atoms with Crippen molar-refractivity contribution < 1.29 is 19.1 Å². The van der Waals surface area contributed by atoms with E-state index < -0.39 is 5.60 Å². The molecule has 222 valence electrons. The number of carbonyl (C=O) groups is 2. The van der Waals surface area contributed by atoms with E-state index in [-0.39, 0.29) is 18.0 Å². The second-order valence-corrected chi connectivity index (χ2v) is 12.0. The Labute approximate surface area is 244 Å². The Balaban J connectivity index is 1.54. The Bertz CT molecular complexity index is 1260. The molecule has 1 aliphatic carbocycles. The average molecular weight is 563 g/mol. The van der Waals surface area contributed by atoms with Gasteiger partial charge in [-0.2, -0.15) is 0 Å². The van der Waals surface area contributed by atoms with Crippen LogP contribution in [0.4, 0.5) is 10.5 Å². The van der Waals surface area contributed by atoms with Crippen LogP contribution in [0.1, 0.15) is 92.5 Å². The van der Waals surface area contributed by atoms with Gasteiger partial charge >= 0.3 is 6.09 Å². The highest BCUT2D eigenvalue weighted by atomic mass is 16.6. The summed E-state index contributed by atoms with van der Waals surface area (Å²) in [7, 11) is 1.63. The molecule has 1 aromatic carbocycles. The standard InChI is InChI=1S/C33H46N4O4/c1-7-37(25-18-16-24(17-19-25)36-32(39)41-33(3,4)5)29-15-11-14-27-26(29)13-10-8-9-12-23-20-22(2)35-31(40-6)28(23)21-34-30(27)38/h8,10-11,14-15,20,24-25H,7,9,12-13,16-19,21H2,1-6H3,(H,34,38)(H,36,39)/b10-8+/t24-,25-. The number of fused-ring (bicyclic) bond motifs is 2. The Morgan fingerprint density at radius 2 is 1.90 bits per heavy atom. The van der Waals surface area contributed by atoms with E-state index in [4.69, 9.17) is 9.47 Å². The predicted octanol–water partition coefficient (Wildman–Crippen LogP) is 6.04. The second kappa shape index (κ2) is 13.4. The Kier molecular flexibility index (Phi) is 9.94. The van der Waals surface area contributed by atoms with Gasteiger partial charge in [-0.3, -0.25) is 4.79 Å². The number of aryl methyl sites for hydroxylation is 2. The van der Waals surface area contributed by atoms with Gasteiger partial charge in [0.05, 0.1) is 7.11 Å². The first kappa shape index (κ1) is 30.4. The lowest BCUT2D eigenvalue weighted by Crippen LogP contribution is -2.45. The molecule has 4 rings (SSSR count). The van der Waals surface area contributed by atoms with Crippen LogP contribution < -0.4 is 20.3 Å². The van der Waals surface area contributed by atoms with Crippen LogP contribution in [0.5, 0.6) is 5.88 Å². The van der Waals surface area contributed by atoms with Crippen molar-refractivity contribution in [1.82, 2.24) is 15.6 Å². The minimum Gasteiger partial charge on any atom is -0.481 e. The molecule has 1 aliphatic heterocycles. The number of benzene rings is 1. The Hall–Kier alpha value is -3.55. The van der Waals surface area contributed by atoms with E-state index in [2.05, 4.69) is 51.7 Å². The first-order valence-electron chi connectivity index (χ1n) is 14.9. The summed E-state index contributed by atoms with van der Waals surface area (Å²) < 4.78 is 11.0. The fourth-order valence-corrected chi connectivity index (χ4v) is 6.04. The van der Waals surface area contributed by atoms with E-state index in [1.807, 2.05) is 39.8 Å². The van der Waals surface area contributed by atoms with Gasteiger partial charge in [-0.1, -0.05) is 18.2 Å². The molecule has 2 amide bonds. The Morgan fingerprint density at radius 1 is 1.15 bits per heavy atom. The first-order chi connectivity index (χ1) is 19.6. The number of nitrogens with zero attached hydrogens (tertiary/aromatic N) is 2. The maximum absolute atomic E-state index is 13.6. The molecule has 2 aliphatic rings. The van der Waals surface area contributed by atoms with Crippen molar-refractivity contribution in [3.63, 3.8) is 0 Å². The summed E-state index contributed by atoms with van der Waals surface area (Å²) in [5.74, 6) is 0.481. The van der Waals surface area contributed by atoms with Gasteiger partial charge in [0.25, 0.3) is 5.91 Å². The topological polar surface area (TPSA) is 92.8 Å². The first-order valence-corrected chi connectivity index (χ1v) is 14.9. The van der Waals surface area contributed by atoms with Crippen molar-refractivity contribution in [2.45, 2.75) is 104 Å². The van der Waals surface area contributed by atoms with Gasteiger partial charge < -0.3 is 25.0 Å². The molecule has 2 aromatic rings. The zero-order chi connectivity index (χ0) is 29.6. The molecule has 1 aromatic heterocycles. The summed E-state index contributed by atoms with van der Waals surface area (Å²) in [6.07, 6.45) is 10.2. The molecule has 1 saturated carbocycles. The van der Waals surface area contributed by atoms with Crippen LogP contribution in [0.2, 0.25) is 0 Å². The van der Waals surface area contributed by atoms with E-state index in [0.717, 1.165) is 73.1 Å². The summed E-state index contributed by atoms with van der Waals surface area (Å²) in [5, 5.41) is 6.21. The maximum atomic E-state index is 13.6. The van der Waals surface area contributed by atoms with Crippen molar-refractivity contribution in [3.05, 3.63) is 64.4 Å². The number of amides is 2. The van der Waals surface area contributed by atoms with Crippen LogP contribution in [-0.4, -0.2) is 48.3 Å². The van der Waals surface area contributed by atoms with Crippen molar-refractivity contribution in [1.29, 1.82) is 0 Å². The number of alkyl carbamates (subject to hydrolysis) is 1. The van der Waals surface area contributed by atoms with Gasteiger partial charge in [0.2, 0.25) is 5.88 Å². The number of allylic oxidation sites excluding steroid dienone is 2. The van der Waals surface area contributed by atoms with Crippen molar-refractivity contribution in [2.24, 2.45) is 0 Å². The van der Waals surface area contributed by atoms with Gasteiger partial charge in [-0.15, -0.1) is 0 Å². The van der Waals surface area contributed by atoms with Crippen LogP contribution in [-0.2, 0) is 24.1 Å². The summed E-state index contributed by atoms with van der Waals surface area (Å²) in [6, 6.07) is 8.60. The predicted molar refractivity (Wildman–Crippen MR) is 163 cm³/mol. The van der Waals surface area contributed by atoms with Crippen LogP contribution in [0.15, 0.2) is 36.4 Å². The number of hydrogen-bond donors (Lipinski definition) is 2. The second-order valence-electron chi connectivity index (χ2n) is 12.0. The normalized spacial score (nSPS) is 20.3. The molecular weight excluding hydrogens is 516 g/mol. The van der Waals surface area contributed by atoms with Crippen molar-refractivity contribution >= 4 is 17.7 Å². The number of carbonyl (C=O) groups excluding carboxylic acids is 2. The Morgan fingerprint density at radius 3 is 2.59 bits per heavy atom. The largest absolute Gasteiger partial charge is 0.481 e. The molecule has 2 N–H and O–H groups in total. The minimum absolute atomic E-state index is 0.0919. The fourth-order valence-electron chi connectivity index (χ4n) is 6.04. The van der Waals surface area contributed by atoms with Gasteiger partial charge in [0.1, 0.15) is 5.60 Å². The number of pyridine rings is 1. The molecule has 0 saturated heterocycles. The highest BCUT2D eigenvalue weighted by Crippen LogP contribution is 2.33. The van der Waals surface area contributed by atoms with Crippen LogP contribution in [0.3, 0.4) is 0 Å². The molecule has 8 nitrogen and oxygen atoms in total. The summed E-state index contributed by atoms with van der Waals surface area (Å²) in [5.41, 5.74) is 5.35. The van der Waals surface area contributed by atoms with Crippen LogP contribution >= 0.6 is 0 Å². The molecule has 0 unspecified atom stereocenters. The summed E-state index contributed by atoms with van der Waals surface area (Å²) in [4.78, 5) is 32.9. The number of ether oxygens (including phenoxy) is 2. The highest BCUT2D eigenvalue weighted by Gasteiger charge is 2.29. The fraction of sp³-hybridized carbons (Fsp3) is 0.545. The lowest BCUT2D eigenvalue weighted by atomic mass is 9.89. The minimum atomic E-state index is -0.507. The third kappa shape index (κ3) is 7.80. The van der Waals surface area contributed by atoms with E-state index in [1.54, 1.807) is 7.11 Å². The number of anilines is 1. The molecular formula is C33H46N4O4. The maximum Gasteiger partial charge on any atom is 0.407 e.